The third kappa shape index (κ3) is 6.76. The molecular weight excluding hydrogens is 359 g/mol. The molecule has 1 aliphatic rings. The zero-order valence-corrected chi connectivity index (χ0v) is 15.4. The zero-order chi connectivity index (χ0) is 15.9. The number of hydrogen-bond acceptors (Lipinski definition) is 3. The molecule has 2 N–H and O–H groups in total. The average Bonchev–Trinajstić information content (AvgIpc) is 2.52. The summed E-state index contributed by atoms with van der Waals surface area (Å²) in [7, 11) is 0. The fourth-order valence-corrected chi connectivity index (χ4v) is 2.81. The molecule has 1 saturated heterocycles. The summed E-state index contributed by atoms with van der Waals surface area (Å²) in [5.74, 6) is 1.07. The van der Waals surface area contributed by atoms with Gasteiger partial charge in [0.25, 0.3) is 5.91 Å². The number of halogens is 3. The van der Waals surface area contributed by atoms with Crippen LogP contribution in [-0.4, -0.2) is 31.6 Å². The lowest BCUT2D eigenvalue weighted by Gasteiger charge is -2.23. The number of rotatable bonds is 6. The Hall–Kier alpha value is -0.680. The third-order valence-corrected chi connectivity index (χ3v) is 4.56. The Balaban J connectivity index is 0.00000264. The molecule has 0 spiro atoms. The summed E-state index contributed by atoms with van der Waals surface area (Å²) in [5, 5.41) is 7.18. The number of nitrogens with one attached hydrogen (secondary N) is 2. The lowest BCUT2D eigenvalue weighted by Crippen LogP contribution is -2.38. The second-order valence-corrected chi connectivity index (χ2v) is 6.44. The van der Waals surface area contributed by atoms with Crippen LogP contribution in [0.3, 0.4) is 0 Å². The molecule has 1 fully saturated rings. The molecule has 7 heteroatoms. The Kier molecular flexibility index (Phi) is 9.07. The fourth-order valence-electron chi connectivity index (χ4n) is 2.52. The highest BCUT2D eigenvalue weighted by molar-refractivity contribution is 6.42. The molecule has 2 atom stereocenters. The van der Waals surface area contributed by atoms with Crippen LogP contribution in [0.25, 0.3) is 0 Å². The standard InChI is InChI=1S/C16H22Cl2N2O2.ClH/c1-11(22-13-4-5-14(17)15(18)9-13)16(21)20-8-6-12-3-2-7-19-10-12;/h4-5,9,11-12,19H,2-3,6-8,10H2,1H3,(H,20,21);1H. The minimum Gasteiger partial charge on any atom is -0.481 e. The predicted molar refractivity (Wildman–Crippen MR) is 97.0 cm³/mol. The van der Waals surface area contributed by atoms with Crippen LogP contribution in [0, 0.1) is 5.92 Å². The average molecular weight is 382 g/mol. The molecule has 1 aromatic rings. The van der Waals surface area contributed by atoms with E-state index >= 15 is 0 Å². The van der Waals surface area contributed by atoms with Crippen molar-refractivity contribution in [3.05, 3.63) is 28.2 Å². The van der Waals surface area contributed by atoms with E-state index in [-0.39, 0.29) is 18.3 Å². The second kappa shape index (κ2) is 10.2. The molecular formula is C16H23Cl3N2O2. The lowest BCUT2D eigenvalue weighted by atomic mass is 9.96. The van der Waals surface area contributed by atoms with Crippen molar-refractivity contribution < 1.29 is 9.53 Å². The van der Waals surface area contributed by atoms with Gasteiger partial charge in [-0.05, 0) is 57.3 Å². The van der Waals surface area contributed by atoms with Crippen molar-refractivity contribution in [1.82, 2.24) is 10.6 Å². The van der Waals surface area contributed by atoms with E-state index in [0.29, 0.717) is 28.3 Å². The summed E-state index contributed by atoms with van der Waals surface area (Å²) in [6, 6.07) is 4.97. The number of amides is 1. The third-order valence-electron chi connectivity index (χ3n) is 3.82. The van der Waals surface area contributed by atoms with Crippen molar-refractivity contribution >= 4 is 41.5 Å². The van der Waals surface area contributed by atoms with Gasteiger partial charge in [-0.2, -0.15) is 0 Å². The molecule has 2 unspecified atom stereocenters. The van der Waals surface area contributed by atoms with Gasteiger partial charge in [0.1, 0.15) is 5.75 Å². The summed E-state index contributed by atoms with van der Waals surface area (Å²) in [6.45, 7) is 4.56. The van der Waals surface area contributed by atoms with E-state index in [1.54, 1.807) is 25.1 Å². The van der Waals surface area contributed by atoms with E-state index in [4.69, 9.17) is 27.9 Å². The van der Waals surface area contributed by atoms with E-state index in [2.05, 4.69) is 10.6 Å². The number of piperidine rings is 1. The fraction of sp³-hybridized carbons (Fsp3) is 0.562. The molecule has 2 rings (SSSR count). The highest BCUT2D eigenvalue weighted by Gasteiger charge is 2.17. The maximum Gasteiger partial charge on any atom is 0.260 e. The smallest absolute Gasteiger partial charge is 0.260 e. The van der Waals surface area contributed by atoms with Crippen LogP contribution < -0.4 is 15.4 Å². The van der Waals surface area contributed by atoms with Crippen molar-refractivity contribution in [3.63, 3.8) is 0 Å². The zero-order valence-electron chi connectivity index (χ0n) is 13.1. The minimum atomic E-state index is -0.568. The summed E-state index contributed by atoms with van der Waals surface area (Å²) in [6.07, 6.45) is 2.88. The molecule has 0 bridgehead atoms. The Morgan fingerprint density at radius 2 is 2.22 bits per heavy atom. The van der Waals surface area contributed by atoms with E-state index in [1.165, 1.54) is 12.8 Å². The summed E-state index contributed by atoms with van der Waals surface area (Å²) in [4.78, 5) is 12.0. The number of ether oxygens (including phenoxy) is 1. The first-order chi connectivity index (χ1) is 10.6. The highest BCUT2D eigenvalue weighted by Crippen LogP contribution is 2.26. The van der Waals surface area contributed by atoms with Gasteiger partial charge in [-0.1, -0.05) is 23.2 Å². The van der Waals surface area contributed by atoms with Crippen LogP contribution in [0.4, 0.5) is 0 Å². The first-order valence-electron chi connectivity index (χ1n) is 7.66. The highest BCUT2D eigenvalue weighted by atomic mass is 35.5. The van der Waals surface area contributed by atoms with Gasteiger partial charge in [-0.3, -0.25) is 4.79 Å². The predicted octanol–water partition coefficient (Wildman–Crippen LogP) is 3.69. The van der Waals surface area contributed by atoms with Crippen molar-refractivity contribution in [2.24, 2.45) is 5.92 Å². The van der Waals surface area contributed by atoms with Gasteiger partial charge in [0, 0.05) is 12.6 Å². The second-order valence-electron chi connectivity index (χ2n) is 5.63. The minimum absolute atomic E-state index is 0. The topological polar surface area (TPSA) is 50.4 Å². The Bertz CT molecular complexity index is 508. The molecule has 0 aliphatic carbocycles. The first-order valence-corrected chi connectivity index (χ1v) is 8.42. The van der Waals surface area contributed by atoms with Crippen molar-refractivity contribution in [1.29, 1.82) is 0 Å². The molecule has 0 aromatic heterocycles. The molecule has 1 aromatic carbocycles. The molecule has 23 heavy (non-hydrogen) atoms. The maximum absolute atomic E-state index is 12.0. The molecule has 1 heterocycles. The Morgan fingerprint density at radius 1 is 1.43 bits per heavy atom. The van der Waals surface area contributed by atoms with Crippen LogP contribution in [-0.2, 0) is 4.79 Å². The summed E-state index contributed by atoms with van der Waals surface area (Å²) >= 11 is 11.8. The quantitative estimate of drug-likeness (QED) is 0.790. The summed E-state index contributed by atoms with van der Waals surface area (Å²) < 4.78 is 5.59. The van der Waals surface area contributed by atoms with Crippen molar-refractivity contribution in [2.45, 2.75) is 32.3 Å². The van der Waals surface area contributed by atoms with Gasteiger partial charge < -0.3 is 15.4 Å². The van der Waals surface area contributed by atoms with Gasteiger partial charge in [0.05, 0.1) is 10.0 Å². The number of carbonyl (C=O) groups is 1. The molecule has 4 nitrogen and oxygen atoms in total. The number of benzene rings is 1. The molecule has 0 radical (unpaired) electrons. The molecule has 1 aliphatic heterocycles. The molecule has 130 valence electrons. The van der Waals surface area contributed by atoms with E-state index in [0.717, 1.165) is 19.5 Å². The molecule has 1 amide bonds. The normalized spacial score (nSPS) is 18.7. The van der Waals surface area contributed by atoms with Gasteiger partial charge in [0.2, 0.25) is 0 Å². The van der Waals surface area contributed by atoms with Gasteiger partial charge in [-0.15, -0.1) is 12.4 Å². The Labute approximate surface area is 153 Å². The van der Waals surface area contributed by atoms with Gasteiger partial charge >= 0.3 is 0 Å². The van der Waals surface area contributed by atoms with Crippen molar-refractivity contribution in [3.8, 4) is 5.75 Å². The van der Waals surface area contributed by atoms with Crippen LogP contribution in [0.1, 0.15) is 26.2 Å². The largest absolute Gasteiger partial charge is 0.481 e. The van der Waals surface area contributed by atoms with Crippen LogP contribution in [0.2, 0.25) is 10.0 Å². The lowest BCUT2D eigenvalue weighted by molar-refractivity contribution is -0.127. The van der Waals surface area contributed by atoms with Crippen LogP contribution in [0.5, 0.6) is 5.75 Å². The maximum atomic E-state index is 12.0. The van der Waals surface area contributed by atoms with Crippen LogP contribution in [0.15, 0.2) is 18.2 Å². The van der Waals surface area contributed by atoms with Crippen LogP contribution >= 0.6 is 35.6 Å². The van der Waals surface area contributed by atoms with E-state index < -0.39 is 6.10 Å². The van der Waals surface area contributed by atoms with E-state index in [1.807, 2.05) is 0 Å². The SMILES string of the molecule is CC(Oc1ccc(Cl)c(Cl)c1)C(=O)NCCC1CCCNC1.Cl. The van der Waals surface area contributed by atoms with Gasteiger partial charge in [-0.25, -0.2) is 0 Å². The Morgan fingerprint density at radius 3 is 2.87 bits per heavy atom. The first kappa shape index (κ1) is 20.4. The number of hydrogen-bond donors (Lipinski definition) is 2. The molecule has 0 saturated carbocycles. The van der Waals surface area contributed by atoms with Crippen molar-refractivity contribution in [2.75, 3.05) is 19.6 Å². The van der Waals surface area contributed by atoms with Gasteiger partial charge in [0.15, 0.2) is 6.10 Å². The summed E-state index contributed by atoms with van der Waals surface area (Å²) in [5.41, 5.74) is 0. The number of carbonyl (C=O) groups excluding carboxylic acids is 1. The van der Waals surface area contributed by atoms with E-state index in [9.17, 15) is 4.79 Å². The monoisotopic (exact) mass is 380 g/mol.